The van der Waals surface area contributed by atoms with Gasteiger partial charge in [-0.3, -0.25) is 9.59 Å². The zero-order valence-electron chi connectivity index (χ0n) is 47.3. The van der Waals surface area contributed by atoms with Crippen LogP contribution in [-0.4, -0.2) is 47.4 Å². The lowest BCUT2D eigenvalue weighted by molar-refractivity contribution is -0.143. The minimum Gasteiger partial charge on any atom is -0.466 e. The van der Waals surface area contributed by atoms with Crippen molar-refractivity contribution in [3.8, 4) is 0 Å². The number of ether oxygens (including phenoxy) is 1. The highest BCUT2D eigenvalue weighted by Crippen LogP contribution is 2.18. The third-order valence-corrected chi connectivity index (χ3v) is 14.8. The van der Waals surface area contributed by atoms with Crippen molar-refractivity contribution in [2.45, 2.75) is 360 Å². The first kappa shape index (κ1) is 68.3. The van der Waals surface area contributed by atoms with Crippen molar-refractivity contribution in [2.24, 2.45) is 0 Å². The van der Waals surface area contributed by atoms with Crippen LogP contribution in [0.2, 0.25) is 0 Å². The monoisotopic (exact) mass is 986 g/mol. The van der Waals surface area contributed by atoms with Gasteiger partial charge in [0.2, 0.25) is 5.91 Å². The van der Waals surface area contributed by atoms with Gasteiger partial charge in [0.15, 0.2) is 0 Å². The van der Waals surface area contributed by atoms with Crippen molar-refractivity contribution in [3.63, 3.8) is 0 Å². The van der Waals surface area contributed by atoms with Crippen molar-refractivity contribution >= 4 is 11.9 Å². The summed E-state index contributed by atoms with van der Waals surface area (Å²) < 4.78 is 5.49. The zero-order valence-corrected chi connectivity index (χ0v) is 47.3. The normalized spacial score (nSPS) is 12.7. The van der Waals surface area contributed by atoms with Gasteiger partial charge in [0.25, 0.3) is 0 Å². The molecule has 0 spiro atoms. The zero-order chi connectivity index (χ0) is 50.7. The molecule has 6 heteroatoms. The predicted molar refractivity (Wildman–Crippen MR) is 306 cm³/mol. The number of aliphatic hydroxyl groups excluding tert-OH is 2. The average Bonchev–Trinajstić information content (AvgIpc) is 3.36. The van der Waals surface area contributed by atoms with E-state index in [1.807, 2.05) is 0 Å². The van der Waals surface area contributed by atoms with Gasteiger partial charge in [0.05, 0.1) is 25.4 Å². The minimum absolute atomic E-state index is 0.00385. The Kier molecular flexibility index (Phi) is 58.5. The van der Waals surface area contributed by atoms with Crippen molar-refractivity contribution in [3.05, 3.63) is 24.3 Å². The fourth-order valence-corrected chi connectivity index (χ4v) is 9.91. The summed E-state index contributed by atoms with van der Waals surface area (Å²) in [6, 6.07) is -0.543. The number of aliphatic hydroxyl groups is 2. The number of esters is 1. The molecular weight excluding hydrogens is 863 g/mol. The van der Waals surface area contributed by atoms with E-state index < -0.39 is 12.1 Å². The van der Waals surface area contributed by atoms with E-state index in [4.69, 9.17) is 4.74 Å². The molecule has 0 aromatic heterocycles. The van der Waals surface area contributed by atoms with Crippen molar-refractivity contribution in [2.75, 3.05) is 13.2 Å². The van der Waals surface area contributed by atoms with E-state index in [-0.39, 0.29) is 18.5 Å². The molecule has 0 rings (SSSR count). The molecule has 70 heavy (non-hydrogen) atoms. The van der Waals surface area contributed by atoms with Crippen LogP contribution in [0, 0.1) is 0 Å². The number of carbonyl (C=O) groups is 2. The fourth-order valence-electron chi connectivity index (χ4n) is 9.91. The van der Waals surface area contributed by atoms with E-state index in [0.717, 1.165) is 51.4 Å². The van der Waals surface area contributed by atoms with Crippen molar-refractivity contribution in [1.29, 1.82) is 0 Å². The average molecular weight is 987 g/mol. The molecule has 6 nitrogen and oxygen atoms in total. The third-order valence-electron chi connectivity index (χ3n) is 14.8. The second kappa shape index (κ2) is 59.9. The summed E-state index contributed by atoms with van der Waals surface area (Å²) in [4.78, 5) is 24.6. The maximum Gasteiger partial charge on any atom is 0.305 e. The van der Waals surface area contributed by atoms with Gasteiger partial charge >= 0.3 is 5.97 Å². The Hall–Kier alpha value is -1.66. The Balaban J connectivity index is 3.38. The summed E-state index contributed by atoms with van der Waals surface area (Å²) >= 11 is 0. The number of unbranched alkanes of at least 4 members (excludes halogenated alkanes) is 44. The van der Waals surface area contributed by atoms with Gasteiger partial charge < -0.3 is 20.3 Å². The van der Waals surface area contributed by atoms with E-state index in [9.17, 15) is 19.8 Å². The fraction of sp³-hybridized carbons (Fsp3) is 0.906. The third kappa shape index (κ3) is 55.7. The van der Waals surface area contributed by atoms with E-state index in [1.54, 1.807) is 0 Å². The van der Waals surface area contributed by atoms with Crippen LogP contribution >= 0.6 is 0 Å². The molecule has 0 radical (unpaired) electrons. The lowest BCUT2D eigenvalue weighted by Crippen LogP contribution is -2.45. The van der Waals surface area contributed by atoms with Gasteiger partial charge in [-0.15, -0.1) is 0 Å². The second-order valence-corrected chi connectivity index (χ2v) is 21.7. The Morgan fingerprint density at radius 3 is 1.10 bits per heavy atom. The highest BCUT2D eigenvalue weighted by molar-refractivity contribution is 5.76. The summed E-state index contributed by atoms with van der Waals surface area (Å²) in [7, 11) is 0. The molecule has 0 aliphatic heterocycles. The van der Waals surface area contributed by atoms with Crippen LogP contribution in [0.25, 0.3) is 0 Å². The highest BCUT2D eigenvalue weighted by Gasteiger charge is 2.20. The van der Waals surface area contributed by atoms with Gasteiger partial charge in [0, 0.05) is 12.8 Å². The molecule has 1 amide bonds. The number of allylic oxidation sites excluding steroid dienone is 4. The van der Waals surface area contributed by atoms with Gasteiger partial charge in [-0.05, 0) is 57.8 Å². The summed E-state index contributed by atoms with van der Waals surface area (Å²) in [5, 5.41) is 23.3. The number of carbonyl (C=O) groups excluding carboxylic acids is 2. The van der Waals surface area contributed by atoms with E-state index in [1.165, 1.54) is 263 Å². The maximum absolute atomic E-state index is 12.5. The number of hydrogen-bond donors (Lipinski definition) is 3. The van der Waals surface area contributed by atoms with Gasteiger partial charge in [-0.1, -0.05) is 301 Å². The second-order valence-electron chi connectivity index (χ2n) is 21.7. The standard InChI is InChI=1S/C64H123NO5/c1-3-5-7-9-11-13-15-17-19-20-26-30-34-38-42-46-50-54-58-64(69)70-59-55-51-47-43-39-35-31-27-24-22-21-23-25-29-33-37-41-45-49-53-57-63(68)65-61(60-66)62(67)56-52-48-44-40-36-32-28-18-16-14-12-10-8-6-4-2/h13,15,19-20,61-62,66-67H,3-12,14,16-18,21-60H2,1-2H3,(H,65,68)/b15-13-,20-19-. The lowest BCUT2D eigenvalue weighted by atomic mass is 10.0. The molecule has 2 unspecified atom stereocenters. The maximum atomic E-state index is 12.5. The summed E-state index contributed by atoms with van der Waals surface area (Å²) in [6.07, 6.45) is 73.3. The number of rotatable bonds is 59. The molecule has 0 saturated heterocycles. The predicted octanol–water partition coefficient (Wildman–Crippen LogP) is 19.8. The molecule has 2 atom stereocenters. The molecular formula is C64H123NO5. The molecule has 0 heterocycles. The molecule has 0 bridgehead atoms. The van der Waals surface area contributed by atoms with Gasteiger partial charge in [0.1, 0.15) is 0 Å². The van der Waals surface area contributed by atoms with Crippen LogP contribution in [0.1, 0.15) is 348 Å². The Labute approximate surface area is 437 Å². The molecule has 3 N–H and O–H groups in total. The summed E-state index contributed by atoms with van der Waals surface area (Å²) in [6.45, 7) is 4.95. The highest BCUT2D eigenvalue weighted by atomic mass is 16.5. The van der Waals surface area contributed by atoms with Crippen molar-refractivity contribution < 1.29 is 24.5 Å². The molecule has 0 aliphatic rings. The Morgan fingerprint density at radius 1 is 0.400 bits per heavy atom. The number of nitrogens with one attached hydrogen (secondary N) is 1. The quantitative estimate of drug-likeness (QED) is 0.0321. The van der Waals surface area contributed by atoms with Crippen LogP contribution in [0.3, 0.4) is 0 Å². The van der Waals surface area contributed by atoms with Crippen LogP contribution in [0.5, 0.6) is 0 Å². The molecule has 0 aromatic rings. The molecule has 0 saturated carbocycles. The van der Waals surface area contributed by atoms with E-state index >= 15 is 0 Å². The topological polar surface area (TPSA) is 95.9 Å². The molecule has 414 valence electrons. The first-order valence-corrected chi connectivity index (χ1v) is 31.6. The largest absolute Gasteiger partial charge is 0.466 e. The lowest BCUT2D eigenvalue weighted by Gasteiger charge is -2.22. The SMILES string of the molecule is CCCCCC/C=C\C/C=C\CCCCCCCCCC(=O)OCCCCCCCCCCCCCCCCCCCCCCC(=O)NC(CO)C(O)CCCCCCCCCCCCCCCCC. The van der Waals surface area contributed by atoms with Crippen molar-refractivity contribution in [1.82, 2.24) is 5.32 Å². The van der Waals surface area contributed by atoms with Crippen LogP contribution < -0.4 is 5.32 Å². The summed E-state index contributed by atoms with van der Waals surface area (Å²) in [5.41, 5.74) is 0. The Bertz CT molecular complexity index is 1090. The first-order chi connectivity index (χ1) is 34.5. The number of amides is 1. The van der Waals surface area contributed by atoms with Crippen LogP contribution in [0.15, 0.2) is 24.3 Å². The van der Waals surface area contributed by atoms with Crippen LogP contribution in [0.4, 0.5) is 0 Å². The van der Waals surface area contributed by atoms with Gasteiger partial charge in [-0.25, -0.2) is 0 Å². The smallest absolute Gasteiger partial charge is 0.305 e. The molecule has 0 fully saturated rings. The molecule has 0 aliphatic carbocycles. The van der Waals surface area contributed by atoms with E-state index in [2.05, 4.69) is 43.5 Å². The Morgan fingerprint density at radius 2 is 0.714 bits per heavy atom. The molecule has 0 aromatic carbocycles. The minimum atomic E-state index is -0.665. The van der Waals surface area contributed by atoms with E-state index in [0.29, 0.717) is 25.9 Å². The van der Waals surface area contributed by atoms with Crippen LogP contribution in [-0.2, 0) is 14.3 Å². The van der Waals surface area contributed by atoms with Gasteiger partial charge in [-0.2, -0.15) is 0 Å². The number of hydrogen-bond acceptors (Lipinski definition) is 5. The summed E-state index contributed by atoms with van der Waals surface area (Å²) in [5.74, 6) is -0.0310. The first-order valence-electron chi connectivity index (χ1n) is 31.6.